The van der Waals surface area contributed by atoms with Crippen LogP contribution < -0.4 is 10.6 Å². The van der Waals surface area contributed by atoms with E-state index < -0.39 is 4.92 Å². The number of benzene rings is 2. The molecular formula is C22H23N3O5. The van der Waals surface area contributed by atoms with E-state index in [0.29, 0.717) is 32.0 Å². The third-order valence-electron chi connectivity index (χ3n) is 4.34. The zero-order valence-electron chi connectivity index (χ0n) is 16.4. The molecule has 0 atom stereocenters. The Morgan fingerprint density at radius 3 is 2.67 bits per heavy atom. The fourth-order valence-electron chi connectivity index (χ4n) is 2.88. The summed E-state index contributed by atoms with van der Waals surface area (Å²) in [4.78, 5) is 22.6. The van der Waals surface area contributed by atoms with Gasteiger partial charge in [0.15, 0.2) is 0 Å². The van der Waals surface area contributed by atoms with Crippen LogP contribution in [-0.4, -0.2) is 17.4 Å². The molecule has 0 radical (unpaired) electrons. The van der Waals surface area contributed by atoms with Crippen LogP contribution in [0.5, 0.6) is 0 Å². The third kappa shape index (κ3) is 6.46. The molecule has 1 amide bonds. The van der Waals surface area contributed by atoms with E-state index in [9.17, 15) is 14.9 Å². The minimum atomic E-state index is -0.451. The predicted octanol–water partition coefficient (Wildman–Crippen LogP) is 4.02. The van der Waals surface area contributed by atoms with Gasteiger partial charge in [0.05, 0.1) is 17.8 Å². The minimum absolute atomic E-state index is 0.0102. The average Bonchev–Trinajstić information content (AvgIpc) is 3.26. The van der Waals surface area contributed by atoms with Crippen LogP contribution in [0.2, 0.25) is 0 Å². The molecule has 1 aromatic heterocycles. The maximum absolute atomic E-state index is 12.1. The van der Waals surface area contributed by atoms with Crippen molar-refractivity contribution < 1.29 is 18.9 Å². The van der Waals surface area contributed by atoms with Crippen molar-refractivity contribution in [3.8, 4) is 0 Å². The highest BCUT2D eigenvalue weighted by Crippen LogP contribution is 2.22. The summed E-state index contributed by atoms with van der Waals surface area (Å²) in [6.07, 6.45) is 1.82. The smallest absolute Gasteiger partial charge is 0.292 e. The summed E-state index contributed by atoms with van der Waals surface area (Å²) < 4.78 is 10.9. The number of nitrogens with zero attached hydrogens (tertiary/aromatic N) is 1. The number of anilines is 1. The van der Waals surface area contributed by atoms with Gasteiger partial charge in [0.2, 0.25) is 5.91 Å². The van der Waals surface area contributed by atoms with Gasteiger partial charge in [-0.05, 0) is 29.3 Å². The second kappa shape index (κ2) is 10.8. The SMILES string of the molecule is O=C(CCNc1ccccc1[N+](=O)[O-])NCc1cccc(COCc2ccco2)c1. The highest BCUT2D eigenvalue weighted by molar-refractivity contribution is 5.76. The largest absolute Gasteiger partial charge is 0.467 e. The monoisotopic (exact) mass is 409 g/mol. The topological polar surface area (TPSA) is 107 Å². The van der Waals surface area contributed by atoms with Crippen LogP contribution >= 0.6 is 0 Å². The molecule has 0 fully saturated rings. The number of furan rings is 1. The number of hydrogen-bond donors (Lipinski definition) is 2. The highest BCUT2D eigenvalue weighted by atomic mass is 16.6. The van der Waals surface area contributed by atoms with Crippen LogP contribution in [0, 0.1) is 10.1 Å². The Labute approximate surface area is 174 Å². The molecule has 0 aliphatic rings. The lowest BCUT2D eigenvalue weighted by atomic mass is 10.1. The van der Waals surface area contributed by atoms with Crippen LogP contribution in [0.1, 0.15) is 23.3 Å². The normalized spacial score (nSPS) is 10.5. The quantitative estimate of drug-likeness (QED) is 0.366. The number of amides is 1. The van der Waals surface area contributed by atoms with Gasteiger partial charge in [0, 0.05) is 25.6 Å². The first kappa shape index (κ1) is 21.1. The maximum Gasteiger partial charge on any atom is 0.292 e. The fraction of sp³-hybridized carbons (Fsp3) is 0.227. The molecule has 0 saturated carbocycles. The average molecular weight is 409 g/mol. The van der Waals surface area contributed by atoms with Crippen molar-refractivity contribution in [2.45, 2.75) is 26.2 Å². The lowest BCUT2D eigenvalue weighted by Gasteiger charge is -2.09. The number of para-hydroxylation sites is 2. The number of rotatable bonds is 11. The van der Waals surface area contributed by atoms with Gasteiger partial charge in [-0.15, -0.1) is 0 Å². The van der Waals surface area contributed by atoms with Crippen molar-refractivity contribution in [1.29, 1.82) is 0 Å². The molecule has 8 heteroatoms. The molecule has 0 aliphatic carbocycles. The molecule has 0 spiro atoms. The van der Waals surface area contributed by atoms with Gasteiger partial charge in [-0.2, -0.15) is 0 Å². The third-order valence-corrected chi connectivity index (χ3v) is 4.34. The predicted molar refractivity (Wildman–Crippen MR) is 112 cm³/mol. The van der Waals surface area contributed by atoms with E-state index in [4.69, 9.17) is 9.15 Å². The van der Waals surface area contributed by atoms with Crippen molar-refractivity contribution in [2.75, 3.05) is 11.9 Å². The molecule has 0 unspecified atom stereocenters. The van der Waals surface area contributed by atoms with E-state index in [0.717, 1.165) is 16.9 Å². The molecule has 8 nitrogen and oxygen atoms in total. The number of carbonyl (C=O) groups is 1. The van der Waals surface area contributed by atoms with Crippen LogP contribution in [0.25, 0.3) is 0 Å². The summed E-state index contributed by atoms with van der Waals surface area (Å²) in [6, 6.07) is 17.8. The summed E-state index contributed by atoms with van der Waals surface area (Å²) in [6.45, 7) is 1.55. The van der Waals surface area contributed by atoms with Crippen LogP contribution in [0.4, 0.5) is 11.4 Å². The molecular weight excluding hydrogens is 386 g/mol. The van der Waals surface area contributed by atoms with E-state index in [1.165, 1.54) is 6.07 Å². The molecule has 3 rings (SSSR count). The first-order valence-electron chi connectivity index (χ1n) is 9.54. The van der Waals surface area contributed by atoms with E-state index >= 15 is 0 Å². The van der Waals surface area contributed by atoms with Gasteiger partial charge in [-0.1, -0.05) is 36.4 Å². The Kier molecular flexibility index (Phi) is 7.57. The van der Waals surface area contributed by atoms with Crippen LogP contribution in [0.3, 0.4) is 0 Å². The van der Waals surface area contributed by atoms with Crippen molar-refractivity contribution >= 4 is 17.3 Å². The van der Waals surface area contributed by atoms with E-state index in [1.54, 1.807) is 24.5 Å². The Bertz CT molecular complexity index is 972. The summed E-state index contributed by atoms with van der Waals surface area (Å²) in [7, 11) is 0. The van der Waals surface area contributed by atoms with Crippen molar-refractivity contribution in [3.05, 3.63) is 93.9 Å². The minimum Gasteiger partial charge on any atom is -0.467 e. The Hall–Kier alpha value is -3.65. The molecule has 0 aliphatic heterocycles. The summed E-state index contributed by atoms with van der Waals surface area (Å²) in [5, 5.41) is 16.8. The molecule has 1 heterocycles. The molecule has 156 valence electrons. The molecule has 2 N–H and O–H groups in total. The van der Waals surface area contributed by atoms with Gasteiger partial charge >= 0.3 is 0 Å². The van der Waals surface area contributed by atoms with Gasteiger partial charge in [0.1, 0.15) is 18.1 Å². The molecule has 0 bridgehead atoms. The zero-order valence-corrected chi connectivity index (χ0v) is 16.4. The summed E-state index contributed by atoms with van der Waals surface area (Å²) in [5.74, 6) is 0.633. The van der Waals surface area contributed by atoms with Crippen molar-refractivity contribution in [1.82, 2.24) is 5.32 Å². The molecule has 30 heavy (non-hydrogen) atoms. The number of nitrogens with one attached hydrogen (secondary N) is 2. The first-order valence-corrected chi connectivity index (χ1v) is 9.54. The number of hydrogen-bond acceptors (Lipinski definition) is 6. The zero-order chi connectivity index (χ0) is 21.2. The molecule has 2 aromatic carbocycles. The van der Waals surface area contributed by atoms with Gasteiger partial charge in [-0.25, -0.2) is 0 Å². The number of nitro groups is 1. The lowest BCUT2D eigenvalue weighted by Crippen LogP contribution is -2.25. The maximum atomic E-state index is 12.1. The summed E-state index contributed by atoms with van der Waals surface area (Å²) in [5.41, 5.74) is 2.36. The lowest BCUT2D eigenvalue weighted by molar-refractivity contribution is -0.384. The van der Waals surface area contributed by atoms with Gasteiger partial charge in [0.25, 0.3) is 5.69 Å². The van der Waals surface area contributed by atoms with Crippen molar-refractivity contribution in [3.63, 3.8) is 0 Å². The first-order chi connectivity index (χ1) is 14.6. The van der Waals surface area contributed by atoms with Gasteiger partial charge < -0.3 is 19.8 Å². The van der Waals surface area contributed by atoms with E-state index in [2.05, 4.69) is 10.6 Å². The number of ether oxygens (including phenoxy) is 1. The fourth-order valence-corrected chi connectivity index (χ4v) is 2.88. The van der Waals surface area contributed by atoms with E-state index in [1.807, 2.05) is 36.4 Å². The van der Waals surface area contributed by atoms with Crippen LogP contribution in [-0.2, 0) is 29.3 Å². The Balaban J connectivity index is 1.40. The number of nitro benzene ring substituents is 1. The molecule has 3 aromatic rings. The Morgan fingerprint density at radius 1 is 1.03 bits per heavy atom. The van der Waals surface area contributed by atoms with E-state index in [-0.39, 0.29) is 18.0 Å². The van der Waals surface area contributed by atoms with Gasteiger partial charge in [-0.3, -0.25) is 14.9 Å². The van der Waals surface area contributed by atoms with Crippen molar-refractivity contribution in [2.24, 2.45) is 0 Å². The standard InChI is InChI=1S/C22H23N3O5/c26-22(10-11-23-20-8-1-2-9-21(20)25(27)28)24-14-17-5-3-6-18(13-17)15-29-16-19-7-4-12-30-19/h1-9,12-13,23H,10-11,14-16H2,(H,24,26). The second-order valence-electron chi connectivity index (χ2n) is 6.62. The number of carbonyl (C=O) groups excluding carboxylic acids is 1. The Morgan fingerprint density at radius 2 is 1.87 bits per heavy atom. The van der Waals surface area contributed by atoms with Crippen LogP contribution in [0.15, 0.2) is 71.3 Å². The second-order valence-corrected chi connectivity index (χ2v) is 6.62. The highest BCUT2D eigenvalue weighted by Gasteiger charge is 2.12. The summed E-state index contributed by atoms with van der Waals surface area (Å²) >= 11 is 0. The molecule has 0 saturated heterocycles.